The van der Waals surface area contributed by atoms with Crippen molar-refractivity contribution in [1.82, 2.24) is 0 Å². The van der Waals surface area contributed by atoms with Gasteiger partial charge in [-0.1, -0.05) is 42.5 Å². The summed E-state index contributed by atoms with van der Waals surface area (Å²) in [7, 11) is 0. The molecule has 2 aliphatic carbocycles. The zero-order valence-electron chi connectivity index (χ0n) is 9.17. The average Bonchev–Trinajstić information content (AvgIpc) is 2.66. The number of carbonyl (C=O) groups is 1. The van der Waals surface area contributed by atoms with Crippen molar-refractivity contribution in [2.45, 2.75) is 6.92 Å². The highest BCUT2D eigenvalue weighted by molar-refractivity contribution is 5.67. The van der Waals surface area contributed by atoms with Gasteiger partial charge >= 0.3 is 5.97 Å². The Bertz CT molecular complexity index is 410. The maximum Gasteiger partial charge on any atom is 0.308 e. The summed E-state index contributed by atoms with van der Waals surface area (Å²) < 4.78 is 5.11. The quantitative estimate of drug-likeness (QED) is 0.661. The molecule has 1 unspecified atom stereocenters. The second-order valence-corrected chi connectivity index (χ2v) is 3.83. The summed E-state index contributed by atoms with van der Waals surface area (Å²) in [6.45, 7) is 1.41. The number of allylic oxidation sites excluding steroid dienone is 9. The van der Waals surface area contributed by atoms with Crippen LogP contribution in [0, 0.1) is 11.8 Å². The zero-order chi connectivity index (χ0) is 11.4. The normalized spacial score (nSPS) is 23.3. The van der Waals surface area contributed by atoms with Crippen LogP contribution < -0.4 is 0 Å². The molecule has 0 aromatic carbocycles. The molecule has 0 aromatic heterocycles. The van der Waals surface area contributed by atoms with E-state index in [1.165, 1.54) is 6.92 Å². The third-order valence-electron chi connectivity index (χ3n) is 2.55. The first kappa shape index (κ1) is 10.7. The van der Waals surface area contributed by atoms with Crippen molar-refractivity contribution in [3.05, 3.63) is 60.4 Å². The standard InChI is InChI=1S/C14H14O2/c1-11(15)16-14-9-5-4-8-13(10-14)12-6-2-3-7-12/h2-10,12-13H,1H3. The molecule has 2 aliphatic rings. The molecule has 0 fully saturated rings. The second-order valence-electron chi connectivity index (χ2n) is 3.83. The second kappa shape index (κ2) is 4.79. The molecule has 0 saturated heterocycles. The number of rotatable bonds is 2. The van der Waals surface area contributed by atoms with E-state index in [2.05, 4.69) is 18.2 Å². The van der Waals surface area contributed by atoms with Crippen molar-refractivity contribution in [1.29, 1.82) is 0 Å². The molecule has 16 heavy (non-hydrogen) atoms. The lowest BCUT2D eigenvalue weighted by Gasteiger charge is -2.13. The summed E-state index contributed by atoms with van der Waals surface area (Å²) in [6.07, 6.45) is 18.1. The molecule has 0 N–H and O–H groups in total. The van der Waals surface area contributed by atoms with Crippen molar-refractivity contribution in [2.75, 3.05) is 0 Å². The molecule has 82 valence electrons. The highest BCUT2D eigenvalue weighted by Gasteiger charge is 2.15. The van der Waals surface area contributed by atoms with Gasteiger partial charge in [-0.3, -0.25) is 4.79 Å². The van der Waals surface area contributed by atoms with Gasteiger partial charge in [0.05, 0.1) is 0 Å². The van der Waals surface area contributed by atoms with E-state index in [0.29, 0.717) is 11.7 Å². The topological polar surface area (TPSA) is 26.3 Å². The molecule has 0 spiro atoms. The van der Waals surface area contributed by atoms with Gasteiger partial charge in [0.25, 0.3) is 0 Å². The molecular weight excluding hydrogens is 200 g/mol. The first-order chi connectivity index (χ1) is 7.75. The number of hydrogen-bond acceptors (Lipinski definition) is 2. The van der Waals surface area contributed by atoms with Crippen LogP contribution in [-0.4, -0.2) is 5.97 Å². The summed E-state index contributed by atoms with van der Waals surface area (Å²) in [5, 5.41) is 0. The first-order valence-corrected chi connectivity index (χ1v) is 5.36. The van der Waals surface area contributed by atoms with E-state index in [-0.39, 0.29) is 11.9 Å². The Morgan fingerprint density at radius 2 is 1.69 bits per heavy atom. The molecule has 0 saturated carbocycles. The first-order valence-electron chi connectivity index (χ1n) is 5.36. The van der Waals surface area contributed by atoms with Gasteiger partial charge in [0.15, 0.2) is 0 Å². The van der Waals surface area contributed by atoms with Gasteiger partial charge in [0.2, 0.25) is 0 Å². The number of ether oxygens (including phenoxy) is 1. The summed E-state index contributed by atoms with van der Waals surface area (Å²) in [4.78, 5) is 10.9. The van der Waals surface area contributed by atoms with Crippen LogP contribution in [0.4, 0.5) is 0 Å². The fraction of sp³-hybridized carbons (Fsp3) is 0.214. The Morgan fingerprint density at radius 1 is 1.06 bits per heavy atom. The minimum absolute atomic E-state index is 0.249. The van der Waals surface area contributed by atoms with E-state index in [9.17, 15) is 4.79 Å². The Labute approximate surface area is 95.3 Å². The highest BCUT2D eigenvalue weighted by Crippen LogP contribution is 2.25. The third-order valence-corrected chi connectivity index (χ3v) is 2.55. The van der Waals surface area contributed by atoms with Crippen molar-refractivity contribution < 1.29 is 9.53 Å². The lowest BCUT2D eigenvalue weighted by Crippen LogP contribution is -2.06. The Morgan fingerprint density at radius 3 is 2.38 bits per heavy atom. The van der Waals surface area contributed by atoms with Crippen LogP contribution in [0.25, 0.3) is 0 Å². The van der Waals surface area contributed by atoms with Gasteiger partial charge in [-0.25, -0.2) is 0 Å². The smallest absolute Gasteiger partial charge is 0.308 e. The maximum absolute atomic E-state index is 10.9. The lowest BCUT2D eigenvalue weighted by molar-refractivity contribution is -0.136. The van der Waals surface area contributed by atoms with Crippen molar-refractivity contribution >= 4 is 5.97 Å². The van der Waals surface area contributed by atoms with Crippen LogP contribution in [0.3, 0.4) is 0 Å². The number of carbonyl (C=O) groups excluding carboxylic acids is 1. The van der Waals surface area contributed by atoms with Crippen molar-refractivity contribution in [3.8, 4) is 0 Å². The minimum Gasteiger partial charge on any atom is -0.427 e. The van der Waals surface area contributed by atoms with Crippen LogP contribution in [0.1, 0.15) is 6.92 Å². The Kier molecular flexibility index (Phi) is 3.20. The van der Waals surface area contributed by atoms with Gasteiger partial charge in [0, 0.05) is 18.8 Å². The van der Waals surface area contributed by atoms with Gasteiger partial charge in [-0.2, -0.15) is 0 Å². The van der Waals surface area contributed by atoms with E-state index < -0.39 is 0 Å². The van der Waals surface area contributed by atoms with E-state index in [0.717, 1.165) is 0 Å². The molecule has 0 bridgehead atoms. The number of esters is 1. The average molecular weight is 214 g/mol. The van der Waals surface area contributed by atoms with Gasteiger partial charge < -0.3 is 4.74 Å². The van der Waals surface area contributed by atoms with E-state index >= 15 is 0 Å². The molecule has 0 radical (unpaired) electrons. The molecular formula is C14H14O2. The monoisotopic (exact) mass is 214 g/mol. The van der Waals surface area contributed by atoms with E-state index in [4.69, 9.17) is 4.74 Å². The highest BCUT2D eigenvalue weighted by atomic mass is 16.5. The fourth-order valence-electron chi connectivity index (χ4n) is 1.82. The fourth-order valence-corrected chi connectivity index (χ4v) is 1.82. The van der Waals surface area contributed by atoms with Crippen LogP contribution >= 0.6 is 0 Å². The molecule has 0 heterocycles. The van der Waals surface area contributed by atoms with E-state index in [1.807, 2.05) is 30.4 Å². The van der Waals surface area contributed by atoms with Gasteiger partial charge in [-0.05, 0) is 12.2 Å². The van der Waals surface area contributed by atoms with Gasteiger partial charge in [-0.15, -0.1) is 0 Å². The predicted octanol–water partition coefficient (Wildman–Crippen LogP) is 2.92. The molecule has 2 heteroatoms. The minimum atomic E-state index is -0.283. The molecule has 0 aromatic rings. The summed E-state index contributed by atoms with van der Waals surface area (Å²) in [5.41, 5.74) is 0. The molecule has 0 aliphatic heterocycles. The van der Waals surface area contributed by atoms with Crippen LogP contribution in [0.2, 0.25) is 0 Å². The SMILES string of the molecule is CC(=O)OC1=CC(C2C=CC=C2)C=CC=C1. The van der Waals surface area contributed by atoms with Crippen LogP contribution in [-0.2, 0) is 9.53 Å². The van der Waals surface area contributed by atoms with Gasteiger partial charge in [0.1, 0.15) is 5.76 Å². The summed E-state index contributed by atoms with van der Waals surface area (Å²) in [6, 6.07) is 0. The van der Waals surface area contributed by atoms with Crippen LogP contribution in [0.15, 0.2) is 60.4 Å². The molecule has 1 atom stereocenters. The van der Waals surface area contributed by atoms with Crippen LogP contribution in [0.5, 0.6) is 0 Å². The maximum atomic E-state index is 10.9. The predicted molar refractivity (Wildman–Crippen MR) is 63.4 cm³/mol. The van der Waals surface area contributed by atoms with Crippen molar-refractivity contribution in [3.63, 3.8) is 0 Å². The summed E-state index contributed by atoms with van der Waals surface area (Å²) in [5.74, 6) is 0.950. The summed E-state index contributed by atoms with van der Waals surface area (Å²) >= 11 is 0. The lowest BCUT2D eigenvalue weighted by atomic mass is 9.93. The van der Waals surface area contributed by atoms with E-state index in [1.54, 1.807) is 6.08 Å². The molecule has 2 rings (SSSR count). The zero-order valence-corrected chi connectivity index (χ0v) is 9.17. The van der Waals surface area contributed by atoms with Crippen molar-refractivity contribution in [2.24, 2.45) is 11.8 Å². The number of hydrogen-bond donors (Lipinski definition) is 0. The molecule has 0 amide bonds. The Balaban J connectivity index is 2.16. The molecule has 2 nitrogen and oxygen atoms in total. The Hall–Kier alpha value is -1.83. The third kappa shape index (κ3) is 2.60. The largest absolute Gasteiger partial charge is 0.427 e.